The van der Waals surface area contributed by atoms with E-state index in [1.54, 1.807) is 12.3 Å². The molecule has 7 heteroatoms. The number of fused-ring (bicyclic) bond motifs is 1. The lowest BCUT2D eigenvalue weighted by molar-refractivity contribution is 0.303. The monoisotopic (exact) mass is 349 g/mol. The molecule has 0 atom stereocenters. The lowest BCUT2D eigenvalue weighted by Crippen LogP contribution is -1.99. The van der Waals surface area contributed by atoms with Gasteiger partial charge in [-0.05, 0) is 48.4 Å². The molecule has 2 aromatic heterocycles. The number of aromatic nitrogens is 4. The number of benzene rings is 2. The highest BCUT2D eigenvalue weighted by atomic mass is 19.1. The summed E-state index contributed by atoms with van der Waals surface area (Å²) in [7, 11) is 0. The summed E-state index contributed by atoms with van der Waals surface area (Å²) in [6, 6.07) is 12.1. The molecule has 0 spiro atoms. The average Bonchev–Trinajstić information content (AvgIpc) is 3.11. The number of nitrogens with one attached hydrogen (secondary N) is 2. The molecule has 0 fully saturated rings. The first-order valence-corrected chi connectivity index (χ1v) is 8.08. The molecule has 2 N–H and O–H groups in total. The first-order valence-electron chi connectivity index (χ1n) is 8.08. The zero-order chi connectivity index (χ0) is 17.9. The van der Waals surface area contributed by atoms with E-state index in [2.05, 4.69) is 25.5 Å². The minimum absolute atomic E-state index is 0.266. The highest BCUT2D eigenvalue weighted by Crippen LogP contribution is 2.26. The molecule has 0 amide bonds. The SMILES string of the molecule is Cc1cc(Nc2ncnc3[nH]ncc23)ccc1OCc1cccc(F)c1. The number of hydrogen-bond donors (Lipinski definition) is 2. The third-order valence-electron chi connectivity index (χ3n) is 3.97. The topological polar surface area (TPSA) is 75.7 Å². The van der Waals surface area contributed by atoms with Gasteiger partial charge >= 0.3 is 0 Å². The third kappa shape index (κ3) is 3.32. The van der Waals surface area contributed by atoms with E-state index in [4.69, 9.17) is 4.74 Å². The predicted octanol–water partition coefficient (Wildman–Crippen LogP) is 4.12. The van der Waals surface area contributed by atoms with Crippen molar-refractivity contribution in [3.05, 3.63) is 71.9 Å². The summed E-state index contributed by atoms with van der Waals surface area (Å²) in [6.45, 7) is 2.27. The van der Waals surface area contributed by atoms with Gasteiger partial charge in [-0.2, -0.15) is 5.10 Å². The molecule has 0 saturated carbocycles. The summed E-state index contributed by atoms with van der Waals surface area (Å²) in [5, 5.41) is 10.9. The Balaban J connectivity index is 1.50. The van der Waals surface area contributed by atoms with E-state index in [-0.39, 0.29) is 5.82 Å². The van der Waals surface area contributed by atoms with E-state index in [0.717, 1.165) is 28.0 Å². The summed E-state index contributed by atoms with van der Waals surface area (Å²) >= 11 is 0. The molecule has 0 bridgehead atoms. The normalized spacial score (nSPS) is 10.8. The molecule has 0 aliphatic carbocycles. The van der Waals surface area contributed by atoms with Gasteiger partial charge in [0.15, 0.2) is 5.65 Å². The van der Waals surface area contributed by atoms with E-state index in [0.29, 0.717) is 18.1 Å². The minimum atomic E-state index is -0.266. The highest BCUT2D eigenvalue weighted by molar-refractivity contribution is 5.87. The molecule has 2 heterocycles. The third-order valence-corrected chi connectivity index (χ3v) is 3.97. The fourth-order valence-electron chi connectivity index (χ4n) is 2.68. The van der Waals surface area contributed by atoms with Crippen LogP contribution in [-0.2, 0) is 6.61 Å². The standard InChI is InChI=1S/C19H16FN5O/c1-12-7-15(24-18-16-9-23-25-19(16)22-11-21-18)5-6-17(12)26-10-13-3-2-4-14(20)8-13/h2-9,11H,10H2,1H3,(H2,21,22,23,24,25). The van der Waals surface area contributed by atoms with Gasteiger partial charge in [-0.1, -0.05) is 12.1 Å². The van der Waals surface area contributed by atoms with Crippen LogP contribution in [0, 0.1) is 12.7 Å². The van der Waals surface area contributed by atoms with Gasteiger partial charge in [0.2, 0.25) is 0 Å². The molecule has 4 rings (SSSR count). The van der Waals surface area contributed by atoms with Crippen LogP contribution in [-0.4, -0.2) is 20.2 Å². The van der Waals surface area contributed by atoms with Crippen LogP contribution in [0.2, 0.25) is 0 Å². The van der Waals surface area contributed by atoms with E-state index in [1.807, 2.05) is 31.2 Å². The van der Waals surface area contributed by atoms with E-state index >= 15 is 0 Å². The molecule has 0 unspecified atom stereocenters. The molecule has 6 nitrogen and oxygen atoms in total. The number of ether oxygens (including phenoxy) is 1. The van der Waals surface area contributed by atoms with Crippen LogP contribution in [0.1, 0.15) is 11.1 Å². The Kier molecular flexibility index (Phi) is 4.18. The zero-order valence-corrected chi connectivity index (χ0v) is 14.0. The van der Waals surface area contributed by atoms with Crippen LogP contribution in [0.4, 0.5) is 15.9 Å². The Morgan fingerprint density at radius 1 is 1.15 bits per heavy atom. The second kappa shape index (κ2) is 6.79. The number of hydrogen-bond acceptors (Lipinski definition) is 5. The van der Waals surface area contributed by atoms with Gasteiger partial charge < -0.3 is 10.1 Å². The fourth-order valence-corrected chi connectivity index (χ4v) is 2.68. The number of halogens is 1. The number of nitrogens with zero attached hydrogens (tertiary/aromatic N) is 3. The maximum atomic E-state index is 13.2. The van der Waals surface area contributed by atoms with Gasteiger partial charge in [0, 0.05) is 5.69 Å². The molecule has 2 aromatic carbocycles. The predicted molar refractivity (Wildman–Crippen MR) is 96.9 cm³/mol. The molecule has 0 aliphatic heterocycles. The Labute approximate surface area is 149 Å². The van der Waals surface area contributed by atoms with Crippen LogP contribution in [0.15, 0.2) is 55.0 Å². The summed E-state index contributed by atoms with van der Waals surface area (Å²) < 4.78 is 19.0. The van der Waals surface area contributed by atoms with Crippen LogP contribution < -0.4 is 10.1 Å². The van der Waals surface area contributed by atoms with Crippen LogP contribution in [0.3, 0.4) is 0 Å². The van der Waals surface area contributed by atoms with Crippen molar-refractivity contribution in [1.29, 1.82) is 0 Å². The number of anilines is 2. The zero-order valence-electron chi connectivity index (χ0n) is 14.0. The number of aromatic amines is 1. The van der Waals surface area contributed by atoms with Crippen molar-refractivity contribution in [2.24, 2.45) is 0 Å². The molecular formula is C19H16FN5O. The van der Waals surface area contributed by atoms with Gasteiger partial charge in [0.25, 0.3) is 0 Å². The first kappa shape index (κ1) is 16.0. The highest BCUT2D eigenvalue weighted by Gasteiger charge is 2.07. The van der Waals surface area contributed by atoms with Gasteiger partial charge in [-0.3, -0.25) is 5.10 Å². The van der Waals surface area contributed by atoms with Crippen molar-refractivity contribution in [2.45, 2.75) is 13.5 Å². The van der Waals surface area contributed by atoms with Gasteiger partial charge in [0.05, 0.1) is 11.6 Å². The second-order valence-electron chi connectivity index (χ2n) is 5.88. The van der Waals surface area contributed by atoms with E-state index in [1.165, 1.54) is 18.5 Å². The summed E-state index contributed by atoms with van der Waals surface area (Å²) in [5.74, 6) is 1.16. The molecule has 4 aromatic rings. The number of aryl methyl sites for hydroxylation is 1. The van der Waals surface area contributed by atoms with Crippen molar-refractivity contribution >= 4 is 22.5 Å². The molecule has 0 saturated heterocycles. The van der Waals surface area contributed by atoms with Crippen LogP contribution >= 0.6 is 0 Å². The molecule has 26 heavy (non-hydrogen) atoms. The Morgan fingerprint density at radius 2 is 2.08 bits per heavy atom. The minimum Gasteiger partial charge on any atom is -0.489 e. The number of H-pyrrole nitrogens is 1. The summed E-state index contributed by atoms with van der Waals surface area (Å²) in [4.78, 5) is 8.38. The molecular weight excluding hydrogens is 333 g/mol. The largest absolute Gasteiger partial charge is 0.489 e. The van der Waals surface area contributed by atoms with E-state index < -0.39 is 0 Å². The van der Waals surface area contributed by atoms with Crippen molar-refractivity contribution in [3.63, 3.8) is 0 Å². The van der Waals surface area contributed by atoms with Crippen LogP contribution in [0.5, 0.6) is 5.75 Å². The van der Waals surface area contributed by atoms with E-state index in [9.17, 15) is 4.39 Å². The maximum Gasteiger partial charge on any atom is 0.160 e. The quantitative estimate of drug-likeness (QED) is 0.567. The number of rotatable bonds is 5. The Bertz CT molecular complexity index is 1060. The van der Waals surface area contributed by atoms with Gasteiger partial charge in [-0.25, -0.2) is 14.4 Å². The lowest BCUT2D eigenvalue weighted by Gasteiger charge is -2.12. The van der Waals surface area contributed by atoms with Gasteiger partial charge in [-0.15, -0.1) is 0 Å². The average molecular weight is 349 g/mol. The lowest BCUT2D eigenvalue weighted by atomic mass is 10.2. The van der Waals surface area contributed by atoms with Gasteiger partial charge in [0.1, 0.15) is 30.3 Å². The fraction of sp³-hybridized carbons (Fsp3) is 0.105. The van der Waals surface area contributed by atoms with Crippen molar-refractivity contribution < 1.29 is 9.13 Å². The first-order chi connectivity index (χ1) is 12.7. The van der Waals surface area contributed by atoms with Crippen molar-refractivity contribution in [3.8, 4) is 5.75 Å². The Hall–Kier alpha value is -3.48. The molecule has 0 aliphatic rings. The smallest absolute Gasteiger partial charge is 0.160 e. The second-order valence-corrected chi connectivity index (χ2v) is 5.88. The molecule has 0 radical (unpaired) electrons. The Morgan fingerprint density at radius 3 is 2.92 bits per heavy atom. The van der Waals surface area contributed by atoms with Crippen molar-refractivity contribution in [1.82, 2.24) is 20.2 Å². The summed E-state index contributed by atoms with van der Waals surface area (Å²) in [5.41, 5.74) is 3.30. The maximum absolute atomic E-state index is 13.2. The van der Waals surface area contributed by atoms with Crippen LogP contribution in [0.25, 0.3) is 11.0 Å². The summed E-state index contributed by atoms with van der Waals surface area (Å²) in [6.07, 6.45) is 3.16. The van der Waals surface area contributed by atoms with Crippen molar-refractivity contribution in [2.75, 3.05) is 5.32 Å². The molecule has 130 valence electrons.